The second-order valence-corrected chi connectivity index (χ2v) is 9.97. The van der Waals surface area contributed by atoms with E-state index in [4.69, 9.17) is 4.74 Å². The van der Waals surface area contributed by atoms with Gasteiger partial charge in [-0.3, -0.25) is 14.9 Å². The molecule has 8 heteroatoms. The number of carbonyl (C=O) groups is 2. The van der Waals surface area contributed by atoms with E-state index in [1.54, 1.807) is 6.07 Å². The Kier molecular flexibility index (Phi) is 4.96. The summed E-state index contributed by atoms with van der Waals surface area (Å²) in [6.45, 7) is 1.08. The molecule has 2 amide bonds. The van der Waals surface area contributed by atoms with Crippen molar-refractivity contribution in [3.8, 4) is 11.5 Å². The van der Waals surface area contributed by atoms with Gasteiger partial charge in [0.05, 0.1) is 23.0 Å². The third-order valence-electron chi connectivity index (χ3n) is 5.94. The van der Waals surface area contributed by atoms with Gasteiger partial charge >= 0.3 is 0 Å². The van der Waals surface area contributed by atoms with Crippen molar-refractivity contribution in [2.45, 2.75) is 18.9 Å². The maximum absolute atomic E-state index is 13.8. The van der Waals surface area contributed by atoms with Crippen LogP contribution in [-0.4, -0.2) is 28.2 Å². The molecule has 0 fully saturated rings. The van der Waals surface area contributed by atoms with E-state index in [1.165, 1.54) is 22.7 Å². The van der Waals surface area contributed by atoms with Gasteiger partial charge < -0.3 is 9.64 Å². The summed E-state index contributed by atoms with van der Waals surface area (Å²) in [6.07, 6.45) is 0.666. The average Bonchev–Trinajstić information content (AvgIpc) is 3.51. The van der Waals surface area contributed by atoms with Gasteiger partial charge in [0.25, 0.3) is 5.91 Å². The topological polar surface area (TPSA) is 71.5 Å². The SMILES string of the molecule is O=C(Nc1nc2c(s1)CN(C(=O)C1c3ccccc3Oc3ccccc31)CC2)c1cccs1. The molecule has 6 rings (SSSR count). The predicted octanol–water partition coefficient (Wildman–Crippen LogP) is 5.28. The van der Waals surface area contributed by atoms with E-state index in [1.807, 2.05) is 64.9 Å². The number of hydrogen-bond donors (Lipinski definition) is 1. The quantitative estimate of drug-likeness (QED) is 0.440. The molecule has 0 spiro atoms. The Bertz CT molecular complexity index is 1320. The molecular weight excluding hydrogens is 454 g/mol. The number of nitrogens with zero attached hydrogens (tertiary/aromatic N) is 2. The Morgan fingerprint density at radius 1 is 1.00 bits per heavy atom. The fourth-order valence-corrected chi connectivity index (χ4v) is 6.00. The van der Waals surface area contributed by atoms with Gasteiger partial charge in [-0.2, -0.15) is 0 Å². The first-order valence-electron chi connectivity index (χ1n) is 10.7. The molecule has 2 aliphatic heterocycles. The molecule has 2 aromatic carbocycles. The molecule has 4 heterocycles. The number of aromatic nitrogens is 1. The molecule has 164 valence electrons. The molecular formula is C25H19N3O3S2. The number of fused-ring (bicyclic) bond motifs is 3. The van der Waals surface area contributed by atoms with Crippen LogP contribution >= 0.6 is 22.7 Å². The van der Waals surface area contributed by atoms with Crippen molar-refractivity contribution < 1.29 is 14.3 Å². The molecule has 1 N–H and O–H groups in total. The molecule has 0 radical (unpaired) electrons. The second-order valence-electron chi connectivity index (χ2n) is 7.94. The van der Waals surface area contributed by atoms with Crippen LogP contribution in [0.15, 0.2) is 66.0 Å². The summed E-state index contributed by atoms with van der Waals surface area (Å²) in [4.78, 5) is 34.4. The molecule has 0 aliphatic carbocycles. The zero-order valence-corrected chi connectivity index (χ0v) is 19.1. The Labute approximate surface area is 198 Å². The van der Waals surface area contributed by atoms with Gasteiger partial charge in [-0.1, -0.05) is 53.8 Å². The van der Waals surface area contributed by atoms with Crippen LogP contribution in [0.25, 0.3) is 0 Å². The molecule has 0 saturated heterocycles. The van der Waals surface area contributed by atoms with Crippen LogP contribution < -0.4 is 10.1 Å². The average molecular weight is 474 g/mol. The first-order valence-corrected chi connectivity index (χ1v) is 12.3. The number of carbonyl (C=O) groups excluding carboxylic acids is 2. The number of thiazole rings is 1. The van der Waals surface area contributed by atoms with E-state index in [0.717, 1.165) is 33.2 Å². The number of ether oxygens (including phenoxy) is 1. The Balaban J connectivity index is 1.26. The van der Waals surface area contributed by atoms with E-state index >= 15 is 0 Å². The maximum Gasteiger partial charge on any atom is 0.267 e. The lowest BCUT2D eigenvalue weighted by molar-refractivity contribution is -0.132. The minimum Gasteiger partial charge on any atom is -0.457 e. The van der Waals surface area contributed by atoms with Crippen LogP contribution in [0.5, 0.6) is 11.5 Å². The summed E-state index contributed by atoms with van der Waals surface area (Å²) in [7, 11) is 0. The fraction of sp³-hybridized carbons (Fsp3) is 0.160. The van der Waals surface area contributed by atoms with Gasteiger partial charge in [-0.05, 0) is 23.6 Å². The van der Waals surface area contributed by atoms with E-state index in [9.17, 15) is 9.59 Å². The second kappa shape index (κ2) is 8.13. The van der Waals surface area contributed by atoms with Crippen LogP contribution in [0.2, 0.25) is 0 Å². The molecule has 0 atom stereocenters. The highest BCUT2D eigenvalue weighted by Gasteiger charge is 2.36. The van der Waals surface area contributed by atoms with Gasteiger partial charge in [-0.15, -0.1) is 11.3 Å². The van der Waals surface area contributed by atoms with E-state index < -0.39 is 5.92 Å². The fourth-order valence-electron chi connectivity index (χ4n) is 4.36. The Morgan fingerprint density at radius 3 is 2.42 bits per heavy atom. The monoisotopic (exact) mass is 473 g/mol. The molecule has 2 aliphatic rings. The summed E-state index contributed by atoms with van der Waals surface area (Å²) >= 11 is 2.84. The molecule has 0 bridgehead atoms. The minimum absolute atomic E-state index is 0.0569. The highest BCUT2D eigenvalue weighted by molar-refractivity contribution is 7.16. The number of anilines is 1. The first kappa shape index (κ1) is 20.1. The van der Waals surface area contributed by atoms with Crippen LogP contribution in [0.3, 0.4) is 0 Å². The van der Waals surface area contributed by atoms with Crippen molar-refractivity contribution in [1.82, 2.24) is 9.88 Å². The van der Waals surface area contributed by atoms with Crippen LogP contribution in [-0.2, 0) is 17.8 Å². The smallest absolute Gasteiger partial charge is 0.267 e. The number of thiophene rings is 1. The van der Waals surface area contributed by atoms with Crippen molar-refractivity contribution in [3.63, 3.8) is 0 Å². The van der Waals surface area contributed by atoms with E-state index in [0.29, 0.717) is 29.5 Å². The lowest BCUT2D eigenvalue weighted by Gasteiger charge is -2.33. The number of rotatable bonds is 3. The summed E-state index contributed by atoms with van der Waals surface area (Å²) in [6, 6.07) is 19.1. The summed E-state index contributed by atoms with van der Waals surface area (Å²) < 4.78 is 6.05. The van der Waals surface area contributed by atoms with Crippen LogP contribution in [0.4, 0.5) is 5.13 Å². The van der Waals surface area contributed by atoms with Gasteiger partial charge in [0.15, 0.2) is 5.13 Å². The third kappa shape index (κ3) is 3.61. The largest absolute Gasteiger partial charge is 0.457 e. The van der Waals surface area contributed by atoms with Gasteiger partial charge in [-0.25, -0.2) is 4.98 Å². The normalized spacial score (nSPS) is 14.6. The Hall–Kier alpha value is -3.49. The highest BCUT2D eigenvalue weighted by Crippen LogP contribution is 2.45. The molecule has 4 aromatic rings. The van der Waals surface area contributed by atoms with E-state index in [-0.39, 0.29) is 11.8 Å². The van der Waals surface area contributed by atoms with Crippen LogP contribution in [0, 0.1) is 0 Å². The number of benzene rings is 2. The van der Waals surface area contributed by atoms with E-state index in [2.05, 4.69) is 10.3 Å². The Morgan fingerprint density at radius 2 is 1.73 bits per heavy atom. The number of amides is 2. The lowest BCUT2D eigenvalue weighted by Crippen LogP contribution is -2.39. The molecule has 33 heavy (non-hydrogen) atoms. The zero-order valence-electron chi connectivity index (χ0n) is 17.5. The van der Waals surface area contributed by atoms with Gasteiger partial charge in [0.2, 0.25) is 5.91 Å². The zero-order chi connectivity index (χ0) is 22.4. The summed E-state index contributed by atoms with van der Waals surface area (Å²) in [5.41, 5.74) is 2.73. The van der Waals surface area contributed by atoms with Gasteiger partial charge in [0, 0.05) is 29.0 Å². The molecule has 0 unspecified atom stereocenters. The molecule has 0 saturated carbocycles. The van der Waals surface area contributed by atoms with Crippen molar-refractivity contribution in [2.24, 2.45) is 0 Å². The summed E-state index contributed by atoms with van der Waals surface area (Å²) in [5.74, 6) is 0.951. The number of nitrogens with one attached hydrogen (secondary N) is 1. The summed E-state index contributed by atoms with van der Waals surface area (Å²) in [5, 5.41) is 5.34. The van der Waals surface area contributed by atoms with Crippen molar-refractivity contribution in [1.29, 1.82) is 0 Å². The maximum atomic E-state index is 13.8. The minimum atomic E-state index is -0.404. The lowest BCUT2D eigenvalue weighted by atomic mass is 9.86. The van der Waals surface area contributed by atoms with Crippen molar-refractivity contribution >= 4 is 39.6 Å². The third-order valence-corrected chi connectivity index (χ3v) is 7.80. The predicted molar refractivity (Wildman–Crippen MR) is 128 cm³/mol. The molecule has 6 nitrogen and oxygen atoms in total. The highest BCUT2D eigenvalue weighted by atomic mass is 32.1. The molecule has 2 aromatic heterocycles. The van der Waals surface area contributed by atoms with Crippen molar-refractivity contribution in [3.05, 3.63) is 92.6 Å². The van der Waals surface area contributed by atoms with Crippen LogP contribution in [0.1, 0.15) is 37.3 Å². The first-order chi connectivity index (χ1) is 16.2. The standard InChI is InChI=1S/C25H19N3O3S2/c29-23(20-10-5-13-32-20)27-25-26-17-11-12-28(14-21(17)33-25)24(30)22-15-6-1-3-8-18(15)31-19-9-4-2-7-16(19)22/h1-10,13,22H,11-12,14H2,(H,26,27,29). The number of para-hydroxylation sites is 2. The van der Waals surface area contributed by atoms with Gasteiger partial charge in [0.1, 0.15) is 11.5 Å². The van der Waals surface area contributed by atoms with Crippen molar-refractivity contribution in [2.75, 3.05) is 11.9 Å². The number of hydrogen-bond acceptors (Lipinski definition) is 6.